The molecular weight excluding hydrogens is 202 g/mol. The average Bonchev–Trinajstić information content (AvgIpc) is 2.73. The van der Waals surface area contributed by atoms with E-state index in [9.17, 15) is 0 Å². The molecule has 0 bridgehead atoms. The van der Waals surface area contributed by atoms with Gasteiger partial charge in [-0.2, -0.15) is 0 Å². The van der Waals surface area contributed by atoms with E-state index in [1.54, 1.807) is 24.5 Å². The molecule has 78 valence electrons. The van der Waals surface area contributed by atoms with E-state index < -0.39 is 0 Å². The molecule has 0 atom stereocenters. The zero-order valence-electron chi connectivity index (χ0n) is 8.46. The van der Waals surface area contributed by atoms with Crippen LogP contribution in [0.3, 0.4) is 0 Å². The van der Waals surface area contributed by atoms with E-state index in [0.29, 0.717) is 0 Å². The number of rotatable bonds is 1. The molecule has 2 heterocycles. The quantitative estimate of drug-likeness (QED) is 0.477. The zero-order chi connectivity index (χ0) is 11.0. The third kappa shape index (κ3) is 1.40. The fourth-order valence-electron chi connectivity index (χ4n) is 1.67. The lowest BCUT2D eigenvalue weighted by Crippen LogP contribution is -2.27. The predicted molar refractivity (Wildman–Crippen MR) is 58.9 cm³/mol. The van der Waals surface area contributed by atoms with Gasteiger partial charge in [0.05, 0.1) is 11.0 Å². The Labute approximate surface area is 91.8 Å². The molecule has 0 aliphatic rings. The largest absolute Gasteiger partial charge is 0.338 e. The lowest BCUT2D eigenvalue weighted by atomic mass is 10.2. The molecule has 4 heteroatoms. The van der Waals surface area contributed by atoms with Crippen molar-refractivity contribution >= 4 is 11.0 Å². The van der Waals surface area contributed by atoms with Gasteiger partial charge in [0.15, 0.2) is 0 Å². The lowest BCUT2D eigenvalue weighted by molar-refractivity contribution is -0.904. The van der Waals surface area contributed by atoms with Crippen molar-refractivity contribution < 1.29 is 9.94 Å². The van der Waals surface area contributed by atoms with Crippen molar-refractivity contribution in [3.8, 4) is 11.4 Å². The molecule has 0 radical (unpaired) electrons. The first-order valence-electron chi connectivity index (χ1n) is 4.98. The van der Waals surface area contributed by atoms with Crippen molar-refractivity contribution in [3.05, 3.63) is 48.8 Å². The standard InChI is InChI=1S/C12H9N3O/c16-15-7-5-9(6-8-15)12-13-10-3-1-2-4-11(10)14-12/h1-8,16H/p+1. The van der Waals surface area contributed by atoms with Crippen LogP contribution in [0.4, 0.5) is 0 Å². The van der Waals surface area contributed by atoms with Crippen LogP contribution in [0.5, 0.6) is 0 Å². The fraction of sp³-hybridized carbons (Fsp3) is 0. The molecule has 16 heavy (non-hydrogen) atoms. The van der Waals surface area contributed by atoms with Crippen molar-refractivity contribution in [2.45, 2.75) is 0 Å². The van der Waals surface area contributed by atoms with Crippen LogP contribution in [-0.2, 0) is 0 Å². The van der Waals surface area contributed by atoms with Crippen LogP contribution in [0.15, 0.2) is 48.8 Å². The van der Waals surface area contributed by atoms with Crippen LogP contribution in [0.25, 0.3) is 22.4 Å². The summed E-state index contributed by atoms with van der Waals surface area (Å²) >= 11 is 0. The first-order valence-corrected chi connectivity index (χ1v) is 4.98. The van der Waals surface area contributed by atoms with E-state index in [1.165, 1.54) is 0 Å². The number of imidazole rings is 1. The second kappa shape index (κ2) is 3.34. The summed E-state index contributed by atoms with van der Waals surface area (Å²) in [5.74, 6) is 0.807. The summed E-state index contributed by atoms with van der Waals surface area (Å²) in [4.78, 5) is 7.70. The molecule has 0 fully saturated rings. The second-order valence-electron chi connectivity index (χ2n) is 3.57. The number of pyridine rings is 1. The highest BCUT2D eigenvalue weighted by Crippen LogP contribution is 2.18. The number of benzene rings is 1. The van der Waals surface area contributed by atoms with Crippen LogP contribution < -0.4 is 4.73 Å². The molecule has 0 spiro atoms. The lowest BCUT2D eigenvalue weighted by Gasteiger charge is -1.91. The number of aromatic nitrogens is 3. The number of aromatic amines is 1. The van der Waals surface area contributed by atoms with E-state index in [-0.39, 0.29) is 0 Å². The van der Waals surface area contributed by atoms with Gasteiger partial charge in [-0.1, -0.05) is 12.1 Å². The molecule has 0 aliphatic heterocycles. The van der Waals surface area contributed by atoms with Crippen molar-refractivity contribution in [2.24, 2.45) is 0 Å². The van der Waals surface area contributed by atoms with Gasteiger partial charge in [-0.15, -0.1) is 0 Å². The van der Waals surface area contributed by atoms with Crippen molar-refractivity contribution in [2.75, 3.05) is 0 Å². The van der Waals surface area contributed by atoms with E-state index in [0.717, 1.165) is 27.2 Å². The summed E-state index contributed by atoms with van der Waals surface area (Å²) in [6, 6.07) is 11.5. The summed E-state index contributed by atoms with van der Waals surface area (Å²) in [5, 5.41) is 9.13. The molecule has 0 unspecified atom stereocenters. The Kier molecular flexibility index (Phi) is 1.86. The normalized spacial score (nSPS) is 10.8. The van der Waals surface area contributed by atoms with Gasteiger partial charge in [-0.25, -0.2) is 4.98 Å². The maximum absolute atomic E-state index is 9.13. The van der Waals surface area contributed by atoms with Crippen LogP contribution in [-0.4, -0.2) is 15.2 Å². The number of nitrogens with zero attached hydrogens (tertiary/aromatic N) is 2. The van der Waals surface area contributed by atoms with Gasteiger partial charge in [0.2, 0.25) is 12.4 Å². The van der Waals surface area contributed by atoms with Crippen molar-refractivity contribution in [3.63, 3.8) is 0 Å². The SMILES string of the molecule is O[n+]1ccc(-c2nc3ccccc3[nH]2)cc1. The van der Waals surface area contributed by atoms with E-state index in [4.69, 9.17) is 5.21 Å². The Morgan fingerprint density at radius 3 is 2.56 bits per heavy atom. The number of nitrogens with one attached hydrogen (secondary N) is 1. The summed E-state index contributed by atoms with van der Waals surface area (Å²) in [7, 11) is 0. The van der Waals surface area contributed by atoms with Gasteiger partial charge in [-0.3, -0.25) is 5.21 Å². The summed E-state index contributed by atoms with van der Waals surface area (Å²) in [6.45, 7) is 0. The third-order valence-electron chi connectivity index (χ3n) is 2.48. The van der Waals surface area contributed by atoms with Crippen molar-refractivity contribution in [1.29, 1.82) is 0 Å². The van der Waals surface area contributed by atoms with Gasteiger partial charge < -0.3 is 4.98 Å². The van der Waals surface area contributed by atoms with Crippen LogP contribution in [0.2, 0.25) is 0 Å². The number of hydrogen-bond acceptors (Lipinski definition) is 2. The van der Waals surface area contributed by atoms with E-state index in [2.05, 4.69) is 9.97 Å². The molecule has 2 N–H and O–H groups in total. The molecule has 1 aromatic carbocycles. The second-order valence-corrected chi connectivity index (χ2v) is 3.57. The highest BCUT2D eigenvalue weighted by molar-refractivity contribution is 5.78. The number of H-pyrrole nitrogens is 1. The maximum atomic E-state index is 9.13. The Morgan fingerprint density at radius 2 is 1.81 bits per heavy atom. The van der Waals surface area contributed by atoms with Crippen LogP contribution in [0.1, 0.15) is 0 Å². The Hall–Kier alpha value is -2.36. The summed E-state index contributed by atoms with van der Waals surface area (Å²) in [5.41, 5.74) is 2.90. The minimum atomic E-state index is 0.807. The predicted octanol–water partition coefficient (Wildman–Crippen LogP) is 1.75. The van der Waals surface area contributed by atoms with Crippen LogP contribution in [0, 0.1) is 0 Å². The molecule has 0 saturated carbocycles. The molecule has 3 rings (SSSR count). The Morgan fingerprint density at radius 1 is 1.06 bits per heavy atom. The first-order chi connectivity index (χ1) is 7.83. The summed E-state index contributed by atoms with van der Waals surface area (Å²) < 4.78 is 1.01. The fourth-order valence-corrected chi connectivity index (χ4v) is 1.67. The van der Waals surface area contributed by atoms with E-state index >= 15 is 0 Å². The minimum Gasteiger partial charge on any atom is -0.338 e. The van der Waals surface area contributed by atoms with Gasteiger partial charge >= 0.3 is 0 Å². The average molecular weight is 212 g/mol. The topological polar surface area (TPSA) is 52.8 Å². The van der Waals surface area contributed by atoms with Gasteiger partial charge in [0.25, 0.3) is 0 Å². The number of para-hydroxylation sites is 2. The Balaban J connectivity index is 2.15. The minimum absolute atomic E-state index is 0.807. The molecule has 2 aromatic heterocycles. The molecular formula is C12H10N3O+. The van der Waals surface area contributed by atoms with Gasteiger partial charge in [-0.05, 0) is 12.1 Å². The smallest absolute Gasteiger partial charge is 0.222 e. The number of hydrogen-bond donors (Lipinski definition) is 2. The molecule has 4 nitrogen and oxygen atoms in total. The molecule has 3 aromatic rings. The van der Waals surface area contributed by atoms with Crippen LogP contribution >= 0.6 is 0 Å². The maximum Gasteiger partial charge on any atom is 0.222 e. The summed E-state index contributed by atoms with van der Waals surface area (Å²) in [6.07, 6.45) is 3.14. The first kappa shape index (κ1) is 8.91. The zero-order valence-corrected chi connectivity index (χ0v) is 8.46. The van der Waals surface area contributed by atoms with Gasteiger partial charge in [0.1, 0.15) is 5.82 Å². The monoisotopic (exact) mass is 212 g/mol. The van der Waals surface area contributed by atoms with Crippen molar-refractivity contribution in [1.82, 2.24) is 9.97 Å². The van der Waals surface area contributed by atoms with Gasteiger partial charge in [0, 0.05) is 22.4 Å². The highest BCUT2D eigenvalue weighted by Gasteiger charge is 2.06. The molecule has 0 amide bonds. The number of fused-ring (bicyclic) bond motifs is 1. The molecule has 0 aliphatic carbocycles. The highest BCUT2D eigenvalue weighted by atomic mass is 16.5. The third-order valence-corrected chi connectivity index (χ3v) is 2.48. The Bertz CT molecular complexity index is 595. The van der Waals surface area contributed by atoms with E-state index in [1.807, 2.05) is 24.3 Å². The molecule has 0 saturated heterocycles.